The molecule has 4 rings (SSSR count). The number of rotatable bonds is 5. The first-order chi connectivity index (χ1) is 12.2. The van der Waals surface area contributed by atoms with E-state index in [1.165, 1.54) is 11.3 Å². The molecule has 1 N–H and O–H groups in total. The monoisotopic (exact) mass is 338 g/mol. The van der Waals surface area contributed by atoms with Gasteiger partial charge in [-0.3, -0.25) is 0 Å². The number of ether oxygens (including phenoxy) is 1. The van der Waals surface area contributed by atoms with Gasteiger partial charge in [0.25, 0.3) is 0 Å². The zero-order valence-electron chi connectivity index (χ0n) is 14.5. The molecule has 0 spiro atoms. The minimum atomic E-state index is -0.166. The second-order valence-corrected chi connectivity index (χ2v) is 6.63. The number of hydrogen-bond acceptors (Lipinski definition) is 2. The summed E-state index contributed by atoms with van der Waals surface area (Å²) >= 11 is 0. The van der Waals surface area contributed by atoms with Crippen molar-refractivity contribution in [1.82, 2.24) is 9.88 Å². The van der Waals surface area contributed by atoms with Gasteiger partial charge >= 0.3 is 0 Å². The predicted octanol–water partition coefficient (Wildman–Crippen LogP) is 4.20. The minimum Gasteiger partial charge on any atom is -0.493 e. The quantitative estimate of drug-likeness (QED) is 0.706. The summed E-state index contributed by atoms with van der Waals surface area (Å²) in [6.07, 6.45) is 1.92. The summed E-state index contributed by atoms with van der Waals surface area (Å²) in [7, 11) is 0. The molecule has 130 valence electrons. The van der Waals surface area contributed by atoms with Gasteiger partial charge in [-0.15, -0.1) is 0 Å². The van der Waals surface area contributed by atoms with Crippen molar-refractivity contribution in [3.8, 4) is 5.75 Å². The number of fused-ring (bicyclic) bond motifs is 3. The maximum absolute atomic E-state index is 13.7. The number of nitrogens with zero attached hydrogens (tertiary/aromatic N) is 1. The van der Waals surface area contributed by atoms with Crippen molar-refractivity contribution in [3.63, 3.8) is 0 Å². The van der Waals surface area contributed by atoms with Gasteiger partial charge < -0.3 is 14.6 Å². The maximum atomic E-state index is 13.7. The van der Waals surface area contributed by atoms with Crippen molar-refractivity contribution >= 4 is 10.9 Å². The zero-order chi connectivity index (χ0) is 17.2. The predicted molar refractivity (Wildman–Crippen MR) is 98.6 cm³/mol. The molecule has 4 heteroatoms. The minimum absolute atomic E-state index is 0.166. The summed E-state index contributed by atoms with van der Waals surface area (Å²) in [6.45, 7) is 5.43. The summed E-state index contributed by atoms with van der Waals surface area (Å²) in [4.78, 5) is 0. The topological polar surface area (TPSA) is 26.2 Å². The molecule has 2 heterocycles. The standard InChI is InChI=1S/C21H23FN2O/c1-15-5-2-3-6-21(15)25-12-4-11-24-19-8-7-16(22)13-17(19)18-14-23-10-9-20(18)24/h2-3,5-8,13,23H,4,9-12,14H2,1H3. The molecule has 0 bridgehead atoms. The van der Waals surface area contributed by atoms with Gasteiger partial charge in [-0.05, 0) is 48.7 Å². The molecular formula is C21H23FN2O. The fourth-order valence-corrected chi connectivity index (χ4v) is 3.73. The lowest BCUT2D eigenvalue weighted by Crippen LogP contribution is -2.24. The Morgan fingerprint density at radius 2 is 2.08 bits per heavy atom. The number of benzene rings is 2. The fraction of sp³-hybridized carbons (Fsp3) is 0.333. The van der Waals surface area contributed by atoms with Crippen LogP contribution in [0.1, 0.15) is 23.2 Å². The lowest BCUT2D eigenvalue weighted by atomic mass is 10.1. The van der Waals surface area contributed by atoms with Gasteiger partial charge in [-0.25, -0.2) is 4.39 Å². The lowest BCUT2D eigenvalue weighted by molar-refractivity contribution is 0.300. The fourth-order valence-electron chi connectivity index (χ4n) is 3.73. The largest absolute Gasteiger partial charge is 0.493 e. The van der Waals surface area contributed by atoms with E-state index in [4.69, 9.17) is 4.74 Å². The van der Waals surface area contributed by atoms with E-state index in [1.54, 1.807) is 12.1 Å². The van der Waals surface area contributed by atoms with Gasteiger partial charge in [0, 0.05) is 42.7 Å². The SMILES string of the molecule is Cc1ccccc1OCCCn1c2c(c3cc(F)ccc31)CNCC2. The van der Waals surface area contributed by atoms with Crippen molar-refractivity contribution in [1.29, 1.82) is 0 Å². The number of hydrogen-bond donors (Lipinski definition) is 1. The molecule has 1 aromatic heterocycles. The molecule has 0 saturated carbocycles. The van der Waals surface area contributed by atoms with Crippen LogP contribution in [0.5, 0.6) is 5.75 Å². The van der Waals surface area contributed by atoms with E-state index in [0.717, 1.165) is 54.7 Å². The zero-order valence-corrected chi connectivity index (χ0v) is 14.5. The Labute approximate surface area is 147 Å². The highest BCUT2D eigenvalue weighted by atomic mass is 19.1. The van der Waals surface area contributed by atoms with Crippen LogP contribution in [0.25, 0.3) is 10.9 Å². The number of halogens is 1. The van der Waals surface area contributed by atoms with Gasteiger partial charge in [0.1, 0.15) is 11.6 Å². The molecule has 0 aliphatic carbocycles. The average Bonchev–Trinajstić information content (AvgIpc) is 2.93. The Kier molecular flexibility index (Phi) is 4.45. The second kappa shape index (κ2) is 6.89. The Balaban J connectivity index is 1.52. The van der Waals surface area contributed by atoms with Crippen LogP contribution in [0.15, 0.2) is 42.5 Å². The Morgan fingerprint density at radius 3 is 2.96 bits per heavy atom. The van der Waals surface area contributed by atoms with Gasteiger partial charge in [-0.2, -0.15) is 0 Å². The highest BCUT2D eigenvalue weighted by Crippen LogP contribution is 2.29. The molecule has 2 aromatic carbocycles. The van der Waals surface area contributed by atoms with E-state index < -0.39 is 0 Å². The van der Waals surface area contributed by atoms with Crippen LogP contribution in [0.3, 0.4) is 0 Å². The van der Waals surface area contributed by atoms with Crippen LogP contribution >= 0.6 is 0 Å². The number of para-hydroxylation sites is 1. The molecule has 25 heavy (non-hydrogen) atoms. The van der Waals surface area contributed by atoms with Crippen LogP contribution in [0.4, 0.5) is 4.39 Å². The molecule has 3 aromatic rings. The Morgan fingerprint density at radius 1 is 1.20 bits per heavy atom. The summed E-state index contributed by atoms with van der Waals surface area (Å²) < 4.78 is 22.0. The van der Waals surface area contributed by atoms with Crippen molar-refractivity contribution in [3.05, 3.63) is 65.1 Å². The van der Waals surface area contributed by atoms with Crippen molar-refractivity contribution in [2.24, 2.45) is 0 Å². The molecule has 0 unspecified atom stereocenters. The average molecular weight is 338 g/mol. The number of aryl methyl sites for hydroxylation is 2. The van der Waals surface area contributed by atoms with Crippen molar-refractivity contribution in [2.75, 3.05) is 13.2 Å². The smallest absolute Gasteiger partial charge is 0.123 e. The molecule has 0 radical (unpaired) electrons. The summed E-state index contributed by atoms with van der Waals surface area (Å²) in [5.41, 5.74) is 4.88. The van der Waals surface area contributed by atoms with Crippen molar-refractivity contribution < 1.29 is 9.13 Å². The van der Waals surface area contributed by atoms with E-state index in [9.17, 15) is 4.39 Å². The van der Waals surface area contributed by atoms with E-state index in [0.29, 0.717) is 6.61 Å². The highest BCUT2D eigenvalue weighted by Gasteiger charge is 2.19. The molecule has 1 aliphatic heterocycles. The summed E-state index contributed by atoms with van der Waals surface area (Å²) in [6, 6.07) is 13.2. The van der Waals surface area contributed by atoms with E-state index in [2.05, 4.69) is 22.9 Å². The molecule has 0 amide bonds. The lowest BCUT2D eigenvalue weighted by Gasteiger charge is -2.17. The maximum Gasteiger partial charge on any atom is 0.123 e. The van der Waals surface area contributed by atoms with E-state index in [1.807, 2.05) is 24.3 Å². The van der Waals surface area contributed by atoms with Crippen molar-refractivity contribution in [2.45, 2.75) is 32.9 Å². The third-order valence-corrected chi connectivity index (χ3v) is 4.97. The molecule has 3 nitrogen and oxygen atoms in total. The number of aromatic nitrogens is 1. The van der Waals surface area contributed by atoms with Crippen LogP contribution < -0.4 is 10.1 Å². The molecule has 0 atom stereocenters. The Bertz CT molecular complexity index is 900. The van der Waals surface area contributed by atoms with Gasteiger partial charge in [0.15, 0.2) is 0 Å². The molecule has 0 saturated heterocycles. The van der Waals surface area contributed by atoms with Gasteiger partial charge in [0.2, 0.25) is 0 Å². The van der Waals surface area contributed by atoms with Crippen LogP contribution in [0.2, 0.25) is 0 Å². The van der Waals surface area contributed by atoms with Gasteiger partial charge in [0.05, 0.1) is 6.61 Å². The van der Waals surface area contributed by atoms with Gasteiger partial charge in [-0.1, -0.05) is 18.2 Å². The van der Waals surface area contributed by atoms with Crippen LogP contribution in [-0.2, 0) is 19.5 Å². The van der Waals surface area contributed by atoms with E-state index >= 15 is 0 Å². The molecular weight excluding hydrogens is 315 g/mol. The summed E-state index contributed by atoms with van der Waals surface area (Å²) in [5, 5.41) is 4.44. The molecule has 0 fully saturated rings. The second-order valence-electron chi connectivity index (χ2n) is 6.63. The number of nitrogens with one attached hydrogen (secondary N) is 1. The summed E-state index contributed by atoms with van der Waals surface area (Å²) in [5.74, 6) is 0.786. The molecule has 1 aliphatic rings. The third kappa shape index (κ3) is 3.14. The first-order valence-corrected chi connectivity index (χ1v) is 8.92. The van der Waals surface area contributed by atoms with Crippen LogP contribution in [0, 0.1) is 12.7 Å². The Hall–Kier alpha value is -2.33. The van der Waals surface area contributed by atoms with E-state index in [-0.39, 0.29) is 5.82 Å². The van der Waals surface area contributed by atoms with Crippen LogP contribution in [-0.4, -0.2) is 17.7 Å². The first kappa shape index (κ1) is 16.2. The highest BCUT2D eigenvalue weighted by molar-refractivity contribution is 5.86. The normalized spacial score (nSPS) is 13.8. The first-order valence-electron chi connectivity index (χ1n) is 8.92. The third-order valence-electron chi connectivity index (χ3n) is 4.97.